The zero-order valence-electron chi connectivity index (χ0n) is 10.7. The van der Waals surface area contributed by atoms with Gasteiger partial charge < -0.3 is 20.7 Å². The third-order valence-electron chi connectivity index (χ3n) is 3.43. The summed E-state index contributed by atoms with van der Waals surface area (Å²) >= 11 is 6.33. The van der Waals surface area contributed by atoms with Crippen LogP contribution in [0.5, 0.6) is 0 Å². The van der Waals surface area contributed by atoms with Crippen molar-refractivity contribution in [3.63, 3.8) is 0 Å². The van der Waals surface area contributed by atoms with Crippen LogP contribution in [0.3, 0.4) is 0 Å². The number of alkyl halides is 1. The Labute approximate surface area is 124 Å². The predicted molar refractivity (Wildman–Crippen MR) is 74.2 cm³/mol. The fraction of sp³-hybridized carbons (Fsp3) is 0.417. The molecule has 2 aromatic rings. The van der Waals surface area contributed by atoms with Crippen molar-refractivity contribution in [3.8, 4) is 12.3 Å². The lowest BCUT2D eigenvalue weighted by atomic mass is 9.99. The van der Waals surface area contributed by atoms with E-state index in [2.05, 4.69) is 20.9 Å². The van der Waals surface area contributed by atoms with Gasteiger partial charge in [-0.15, -0.1) is 6.42 Å². The van der Waals surface area contributed by atoms with Crippen LogP contribution in [0, 0.1) is 12.3 Å². The number of ether oxygens (including phenoxy) is 1. The number of nitrogen functional groups attached to an aromatic ring is 1. The van der Waals surface area contributed by atoms with Gasteiger partial charge in [-0.25, -0.2) is 9.97 Å². The molecule has 4 atom stereocenters. The van der Waals surface area contributed by atoms with Gasteiger partial charge in [0.05, 0.1) is 19.1 Å². The number of imidazole rings is 1. The minimum absolute atomic E-state index is 0.0578. The third kappa shape index (κ3) is 1.94. The first-order valence-electron chi connectivity index (χ1n) is 6.07. The molecule has 0 aliphatic carbocycles. The Morgan fingerprint density at radius 2 is 2.33 bits per heavy atom. The number of hydrogen-bond acceptors (Lipinski definition) is 7. The van der Waals surface area contributed by atoms with Crippen LogP contribution in [0.4, 0.5) is 5.95 Å². The number of nitrogens with two attached hydrogens (primary N) is 1. The van der Waals surface area contributed by atoms with E-state index >= 15 is 0 Å². The average Bonchev–Trinajstić information content (AvgIpc) is 2.99. The second-order valence-electron chi connectivity index (χ2n) is 4.66. The van der Waals surface area contributed by atoms with Crippen LogP contribution in [0.15, 0.2) is 12.5 Å². The third-order valence-corrected chi connectivity index (χ3v) is 3.95. The lowest BCUT2D eigenvalue weighted by Gasteiger charge is -2.25. The summed E-state index contributed by atoms with van der Waals surface area (Å²) in [5.41, 5.74) is 6.42. The van der Waals surface area contributed by atoms with Crippen LogP contribution in [0.2, 0.25) is 0 Å². The standard InChI is InChI=1S/C12H12ClN5O3/c1-2-12(13)8(20)7(4-19)21-10(12)18-5-16-6-3-15-11(14)17-9(6)18/h1,3,5,7-8,10,19-20H,4H2,(H2,14,15,17)/t7-,8?,10-,12?/m1/s1. The van der Waals surface area contributed by atoms with Crippen molar-refractivity contribution in [1.29, 1.82) is 0 Å². The van der Waals surface area contributed by atoms with E-state index in [0.717, 1.165) is 0 Å². The SMILES string of the molecule is C#CC1(Cl)C(O)[C@@H](CO)O[C@H]1n1cnc2cnc(N)nc21. The number of rotatable bonds is 2. The Kier molecular flexibility index (Phi) is 3.22. The smallest absolute Gasteiger partial charge is 0.222 e. The number of fused-ring (bicyclic) bond motifs is 1. The molecule has 0 aromatic carbocycles. The predicted octanol–water partition coefficient (Wildman–Crippen LogP) is -0.730. The monoisotopic (exact) mass is 309 g/mol. The molecule has 0 radical (unpaired) electrons. The lowest BCUT2D eigenvalue weighted by molar-refractivity contribution is -0.0436. The summed E-state index contributed by atoms with van der Waals surface area (Å²) in [5.74, 6) is 2.39. The second-order valence-corrected chi connectivity index (χ2v) is 5.28. The number of terminal acetylenes is 1. The molecule has 21 heavy (non-hydrogen) atoms. The van der Waals surface area contributed by atoms with Crippen molar-refractivity contribution in [2.45, 2.75) is 23.3 Å². The molecule has 1 saturated heterocycles. The molecule has 0 spiro atoms. The van der Waals surface area contributed by atoms with E-state index in [1.165, 1.54) is 17.1 Å². The van der Waals surface area contributed by atoms with Crippen LogP contribution in [-0.2, 0) is 4.74 Å². The first-order chi connectivity index (χ1) is 10.0. The molecule has 0 amide bonds. The Balaban J connectivity index is 2.13. The van der Waals surface area contributed by atoms with Crippen LogP contribution >= 0.6 is 11.6 Å². The molecule has 110 valence electrons. The minimum Gasteiger partial charge on any atom is -0.394 e. The minimum atomic E-state index is -1.55. The van der Waals surface area contributed by atoms with Crippen molar-refractivity contribution in [2.24, 2.45) is 0 Å². The molecule has 1 aliphatic rings. The van der Waals surface area contributed by atoms with Gasteiger partial charge in [0.15, 0.2) is 16.7 Å². The summed E-state index contributed by atoms with van der Waals surface area (Å²) in [6.07, 6.45) is 5.23. The maximum absolute atomic E-state index is 10.2. The fourth-order valence-corrected chi connectivity index (χ4v) is 2.63. The molecule has 1 fully saturated rings. The first-order valence-corrected chi connectivity index (χ1v) is 6.45. The normalized spacial score (nSPS) is 32.4. The van der Waals surface area contributed by atoms with Crippen LogP contribution in [-0.4, -0.2) is 53.4 Å². The van der Waals surface area contributed by atoms with Crippen molar-refractivity contribution in [3.05, 3.63) is 12.5 Å². The van der Waals surface area contributed by atoms with E-state index < -0.39 is 29.9 Å². The molecule has 2 aromatic heterocycles. The molecule has 8 nitrogen and oxygen atoms in total. The number of anilines is 1. The van der Waals surface area contributed by atoms with E-state index in [0.29, 0.717) is 11.2 Å². The van der Waals surface area contributed by atoms with Crippen LogP contribution in [0.25, 0.3) is 11.2 Å². The van der Waals surface area contributed by atoms with E-state index in [4.69, 9.17) is 28.5 Å². The molecule has 0 saturated carbocycles. The van der Waals surface area contributed by atoms with Crippen molar-refractivity contribution >= 4 is 28.7 Å². The Hall–Kier alpha value is -1.92. The highest BCUT2D eigenvalue weighted by molar-refractivity contribution is 6.27. The maximum atomic E-state index is 10.2. The number of halogens is 1. The summed E-state index contributed by atoms with van der Waals surface area (Å²) in [4.78, 5) is 10.5. The highest BCUT2D eigenvalue weighted by atomic mass is 35.5. The summed E-state index contributed by atoms with van der Waals surface area (Å²) in [6, 6.07) is 0. The molecule has 4 N–H and O–H groups in total. The van der Waals surface area contributed by atoms with Crippen LogP contribution in [0.1, 0.15) is 6.23 Å². The van der Waals surface area contributed by atoms with E-state index in [-0.39, 0.29) is 5.95 Å². The highest BCUT2D eigenvalue weighted by Crippen LogP contribution is 2.43. The van der Waals surface area contributed by atoms with Crippen molar-refractivity contribution < 1.29 is 14.9 Å². The van der Waals surface area contributed by atoms with Gasteiger partial charge in [0.25, 0.3) is 0 Å². The van der Waals surface area contributed by atoms with Crippen molar-refractivity contribution in [2.75, 3.05) is 12.3 Å². The van der Waals surface area contributed by atoms with Gasteiger partial charge in [-0.2, -0.15) is 4.98 Å². The average molecular weight is 310 g/mol. The topological polar surface area (TPSA) is 119 Å². The molecule has 0 bridgehead atoms. The Morgan fingerprint density at radius 1 is 1.57 bits per heavy atom. The van der Waals surface area contributed by atoms with E-state index in [1.807, 2.05) is 0 Å². The largest absolute Gasteiger partial charge is 0.394 e. The summed E-state index contributed by atoms with van der Waals surface area (Å²) in [7, 11) is 0. The zero-order valence-corrected chi connectivity index (χ0v) is 11.5. The second kappa shape index (κ2) is 4.82. The molecular formula is C12H12ClN5O3. The van der Waals surface area contributed by atoms with Gasteiger partial charge >= 0.3 is 0 Å². The number of nitrogens with zero attached hydrogens (tertiary/aromatic N) is 4. The summed E-state index contributed by atoms with van der Waals surface area (Å²) in [6.45, 7) is -0.419. The van der Waals surface area contributed by atoms with Gasteiger partial charge in [-0.3, -0.25) is 4.57 Å². The van der Waals surface area contributed by atoms with Gasteiger partial charge in [-0.05, 0) is 0 Å². The van der Waals surface area contributed by atoms with Gasteiger partial charge in [0.1, 0.15) is 17.7 Å². The summed E-state index contributed by atoms with van der Waals surface area (Å²) < 4.78 is 7.04. The molecule has 3 rings (SSSR count). The zero-order chi connectivity index (χ0) is 15.2. The Morgan fingerprint density at radius 3 is 3.00 bits per heavy atom. The number of aliphatic hydroxyl groups excluding tert-OH is 2. The first kappa shape index (κ1) is 14.0. The molecule has 3 heterocycles. The van der Waals surface area contributed by atoms with Crippen LogP contribution < -0.4 is 5.73 Å². The highest BCUT2D eigenvalue weighted by Gasteiger charge is 2.55. The number of hydrogen-bond donors (Lipinski definition) is 3. The van der Waals surface area contributed by atoms with Gasteiger partial charge in [0, 0.05) is 0 Å². The van der Waals surface area contributed by atoms with E-state index in [9.17, 15) is 10.2 Å². The fourth-order valence-electron chi connectivity index (χ4n) is 2.33. The molecule has 1 aliphatic heterocycles. The van der Waals surface area contributed by atoms with Gasteiger partial charge in [-0.1, -0.05) is 17.5 Å². The maximum Gasteiger partial charge on any atom is 0.222 e. The number of aromatic nitrogens is 4. The van der Waals surface area contributed by atoms with E-state index in [1.54, 1.807) is 0 Å². The van der Waals surface area contributed by atoms with Crippen molar-refractivity contribution in [1.82, 2.24) is 19.5 Å². The number of aliphatic hydroxyl groups is 2. The Bertz CT molecular complexity index is 729. The summed E-state index contributed by atoms with van der Waals surface area (Å²) in [5, 5.41) is 19.4. The van der Waals surface area contributed by atoms with Gasteiger partial charge in [0.2, 0.25) is 5.95 Å². The molecular weight excluding hydrogens is 298 g/mol. The quantitative estimate of drug-likeness (QED) is 0.494. The molecule has 9 heteroatoms. The molecule has 2 unspecified atom stereocenters. The lowest BCUT2D eigenvalue weighted by Crippen LogP contribution is -2.41.